The van der Waals surface area contributed by atoms with E-state index in [9.17, 15) is 14.0 Å². The third-order valence-corrected chi connectivity index (χ3v) is 3.08. The van der Waals surface area contributed by atoms with Crippen LogP contribution in [0.2, 0.25) is 0 Å². The second kappa shape index (κ2) is 6.65. The van der Waals surface area contributed by atoms with Crippen molar-refractivity contribution in [2.45, 2.75) is 12.5 Å². The summed E-state index contributed by atoms with van der Waals surface area (Å²) in [6, 6.07) is 12.9. The lowest BCUT2D eigenvalue weighted by molar-refractivity contribution is -0.109. The first kappa shape index (κ1) is 14.7. The standard InChI is InChI=1S/C16H14FNO3/c17-15-12(9-13(10-19)18-16(20)21)7-4-8-14(15)11-5-2-1-3-6-11/h1-8,10,13,18H,9H2,(H,20,21). The van der Waals surface area contributed by atoms with Crippen molar-refractivity contribution in [1.29, 1.82) is 0 Å². The molecule has 0 aliphatic carbocycles. The first-order valence-electron chi connectivity index (χ1n) is 6.39. The molecule has 1 amide bonds. The van der Waals surface area contributed by atoms with Crippen LogP contribution in [0.5, 0.6) is 0 Å². The number of hydrogen-bond donors (Lipinski definition) is 2. The Morgan fingerprint density at radius 1 is 1.19 bits per heavy atom. The Labute approximate surface area is 121 Å². The molecule has 2 aromatic carbocycles. The zero-order valence-electron chi connectivity index (χ0n) is 11.1. The molecule has 108 valence electrons. The quantitative estimate of drug-likeness (QED) is 0.831. The molecule has 5 heteroatoms. The first-order valence-corrected chi connectivity index (χ1v) is 6.39. The summed E-state index contributed by atoms with van der Waals surface area (Å²) in [5.41, 5.74) is 1.45. The zero-order valence-corrected chi connectivity index (χ0v) is 11.1. The van der Waals surface area contributed by atoms with Gasteiger partial charge in [-0.2, -0.15) is 0 Å². The van der Waals surface area contributed by atoms with Crippen LogP contribution in [0.4, 0.5) is 9.18 Å². The van der Waals surface area contributed by atoms with Crippen molar-refractivity contribution >= 4 is 12.4 Å². The molecule has 0 spiro atoms. The number of carboxylic acid groups (broad SMARTS) is 1. The van der Waals surface area contributed by atoms with Crippen molar-refractivity contribution in [3.63, 3.8) is 0 Å². The topological polar surface area (TPSA) is 66.4 Å². The summed E-state index contributed by atoms with van der Waals surface area (Å²) < 4.78 is 14.5. The SMILES string of the molecule is O=CC(Cc1cccc(-c2ccccc2)c1F)NC(=O)O. The number of amides is 1. The molecular weight excluding hydrogens is 273 g/mol. The van der Waals surface area contributed by atoms with Crippen LogP contribution in [0.25, 0.3) is 11.1 Å². The van der Waals surface area contributed by atoms with Crippen LogP contribution < -0.4 is 5.32 Å². The minimum absolute atomic E-state index is 0.0255. The molecule has 0 radical (unpaired) electrons. The maximum Gasteiger partial charge on any atom is 0.405 e. The average molecular weight is 287 g/mol. The van der Waals surface area contributed by atoms with Crippen molar-refractivity contribution in [3.05, 3.63) is 59.9 Å². The van der Waals surface area contributed by atoms with Gasteiger partial charge in [0.25, 0.3) is 0 Å². The predicted molar refractivity (Wildman–Crippen MR) is 76.6 cm³/mol. The summed E-state index contributed by atoms with van der Waals surface area (Å²) in [6.07, 6.45) is -0.878. The fraction of sp³-hybridized carbons (Fsp3) is 0.125. The van der Waals surface area contributed by atoms with E-state index in [0.717, 1.165) is 5.56 Å². The maximum absolute atomic E-state index is 14.5. The summed E-state index contributed by atoms with van der Waals surface area (Å²) >= 11 is 0. The van der Waals surface area contributed by atoms with Gasteiger partial charge in [0.05, 0.1) is 6.04 Å². The van der Waals surface area contributed by atoms with Crippen LogP contribution in [0.1, 0.15) is 5.56 Å². The maximum atomic E-state index is 14.5. The third-order valence-electron chi connectivity index (χ3n) is 3.08. The Hall–Kier alpha value is -2.69. The van der Waals surface area contributed by atoms with E-state index in [4.69, 9.17) is 5.11 Å². The fourth-order valence-electron chi connectivity index (χ4n) is 2.11. The lowest BCUT2D eigenvalue weighted by atomic mass is 9.99. The van der Waals surface area contributed by atoms with E-state index < -0.39 is 18.0 Å². The van der Waals surface area contributed by atoms with E-state index in [1.165, 1.54) is 0 Å². The van der Waals surface area contributed by atoms with Gasteiger partial charge in [0, 0.05) is 12.0 Å². The summed E-state index contributed by atoms with van der Waals surface area (Å²) in [4.78, 5) is 21.4. The van der Waals surface area contributed by atoms with E-state index in [2.05, 4.69) is 0 Å². The summed E-state index contributed by atoms with van der Waals surface area (Å²) in [5.74, 6) is -0.442. The minimum Gasteiger partial charge on any atom is -0.465 e. The molecule has 0 bridgehead atoms. The van der Waals surface area contributed by atoms with Crippen LogP contribution in [-0.2, 0) is 11.2 Å². The Balaban J connectivity index is 2.30. The highest BCUT2D eigenvalue weighted by molar-refractivity contribution is 5.72. The number of rotatable bonds is 5. The third kappa shape index (κ3) is 3.66. The van der Waals surface area contributed by atoms with Gasteiger partial charge in [0.2, 0.25) is 0 Å². The molecule has 2 aromatic rings. The van der Waals surface area contributed by atoms with Gasteiger partial charge in [-0.25, -0.2) is 9.18 Å². The number of carbonyl (C=O) groups is 2. The molecule has 0 fully saturated rings. The lowest BCUT2D eigenvalue weighted by Crippen LogP contribution is -2.36. The van der Waals surface area contributed by atoms with E-state index >= 15 is 0 Å². The monoisotopic (exact) mass is 287 g/mol. The van der Waals surface area contributed by atoms with Crippen molar-refractivity contribution in [2.75, 3.05) is 0 Å². The van der Waals surface area contributed by atoms with E-state index in [0.29, 0.717) is 17.4 Å². The molecule has 2 N–H and O–H groups in total. The number of benzene rings is 2. The molecule has 0 aromatic heterocycles. The van der Waals surface area contributed by atoms with Crippen LogP contribution in [0.15, 0.2) is 48.5 Å². The minimum atomic E-state index is -1.31. The molecule has 21 heavy (non-hydrogen) atoms. The Bertz CT molecular complexity index is 643. The highest BCUT2D eigenvalue weighted by Gasteiger charge is 2.16. The van der Waals surface area contributed by atoms with Crippen LogP contribution in [-0.4, -0.2) is 23.5 Å². The number of halogens is 1. The second-order valence-electron chi connectivity index (χ2n) is 4.54. The predicted octanol–water partition coefficient (Wildman–Crippen LogP) is 2.87. The zero-order chi connectivity index (χ0) is 15.2. The molecule has 0 aliphatic rings. The second-order valence-corrected chi connectivity index (χ2v) is 4.54. The van der Waals surface area contributed by atoms with Gasteiger partial charge in [0.15, 0.2) is 0 Å². The van der Waals surface area contributed by atoms with Gasteiger partial charge >= 0.3 is 6.09 Å². The van der Waals surface area contributed by atoms with Crippen molar-refractivity contribution in [3.8, 4) is 11.1 Å². The summed E-state index contributed by atoms with van der Waals surface area (Å²) in [6.45, 7) is 0. The summed E-state index contributed by atoms with van der Waals surface area (Å²) in [7, 11) is 0. The molecule has 1 atom stereocenters. The molecule has 4 nitrogen and oxygen atoms in total. The van der Waals surface area contributed by atoms with Gasteiger partial charge in [-0.05, 0) is 11.1 Å². The highest BCUT2D eigenvalue weighted by Crippen LogP contribution is 2.25. The summed E-state index contributed by atoms with van der Waals surface area (Å²) in [5, 5.41) is 10.7. The van der Waals surface area contributed by atoms with Crippen molar-refractivity contribution in [2.24, 2.45) is 0 Å². The molecule has 2 rings (SSSR count). The number of aldehydes is 1. The Kier molecular flexibility index (Phi) is 4.66. The first-order chi connectivity index (χ1) is 10.1. The smallest absolute Gasteiger partial charge is 0.405 e. The molecule has 1 unspecified atom stereocenters. The van der Waals surface area contributed by atoms with Gasteiger partial charge in [-0.3, -0.25) is 0 Å². The lowest BCUT2D eigenvalue weighted by Gasteiger charge is -2.13. The molecule has 0 aliphatic heterocycles. The molecule has 0 saturated carbocycles. The fourth-order valence-corrected chi connectivity index (χ4v) is 2.11. The molecular formula is C16H14FNO3. The molecule has 0 heterocycles. The van der Waals surface area contributed by atoms with Crippen LogP contribution >= 0.6 is 0 Å². The van der Waals surface area contributed by atoms with Crippen LogP contribution in [0.3, 0.4) is 0 Å². The van der Waals surface area contributed by atoms with E-state index in [1.54, 1.807) is 30.3 Å². The average Bonchev–Trinajstić information content (AvgIpc) is 2.49. The number of nitrogens with one attached hydrogen (secondary N) is 1. The van der Waals surface area contributed by atoms with E-state index in [-0.39, 0.29) is 6.42 Å². The number of hydrogen-bond acceptors (Lipinski definition) is 2. The van der Waals surface area contributed by atoms with Gasteiger partial charge < -0.3 is 15.2 Å². The largest absolute Gasteiger partial charge is 0.465 e. The normalized spacial score (nSPS) is 11.7. The Morgan fingerprint density at radius 3 is 2.52 bits per heavy atom. The van der Waals surface area contributed by atoms with Gasteiger partial charge in [-0.1, -0.05) is 48.5 Å². The van der Waals surface area contributed by atoms with E-state index in [1.807, 2.05) is 23.5 Å². The molecule has 0 saturated heterocycles. The Morgan fingerprint density at radius 2 is 1.90 bits per heavy atom. The van der Waals surface area contributed by atoms with Gasteiger partial charge in [0.1, 0.15) is 12.1 Å². The van der Waals surface area contributed by atoms with Crippen LogP contribution in [0, 0.1) is 5.82 Å². The number of carbonyl (C=O) groups excluding carboxylic acids is 1. The van der Waals surface area contributed by atoms with Crippen molar-refractivity contribution < 1.29 is 19.1 Å². The highest BCUT2D eigenvalue weighted by atomic mass is 19.1. The van der Waals surface area contributed by atoms with Crippen molar-refractivity contribution in [1.82, 2.24) is 5.32 Å². The van der Waals surface area contributed by atoms with Gasteiger partial charge in [-0.15, -0.1) is 0 Å².